The van der Waals surface area contributed by atoms with Gasteiger partial charge in [-0.15, -0.1) is 0 Å². The van der Waals surface area contributed by atoms with Crippen LogP contribution in [0.4, 0.5) is 5.69 Å². The van der Waals surface area contributed by atoms with Crippen molar-refractivity contribution in [3.8, 4) is 5.75 Å². The lowest BCUT2D eigenvalue weighted by molar-refractivity contribution is -0.385. The Morgan fingerprint density at radius 3 is 2.74 bits per heavy atom. The van der Waals surface area contributed by atoms with Gasteiger partial charge in [-0.1, -0.05) is 0 Å². The van der Waals surface area contributed by atoms with Crippen molar-refractivity contribution in [2.24, 2.45) is 0 Å². The molecule has 1 aliphatic rings. The topological polar surface area (TPSA) is 81.8 Å². The van der Waals surface area contributed by atoms with E-state index >= 15 is 0 Å². The number of non-ortho nitro benzene ring substituents is 1. The van der Waals surface area contributed by atoms with Crippen molar-refractivity contribution in [2.45, 2.75) is 32.0 Å². The highest BCUT2D eigenvalue weighted by atomic mass is 16.6. The van der Waals surface area contributed by atoms with Crippen LogP contribution in [0.5, 0.6) is 5.75 Å². The zero-order chi connectivity index (χ0) is 13.8. The minimum atomic E-state index is -0.810. The quantitative estimate of drug-likeness (QED) is 0.668. The van der Waals surface area contributed by atoms with Crippen molar-refractivity contribution in [3.05, 3.63) is 33.9 Å². The number of nitro groups is 1. The number of benzene rings is 1. The molecular formula is C13H17NO5. The molecule has 1 aromatic rings. The van der Waals surface area contributed by atoms with Gasteiger partial charge in [-0.05, 0) is 13.0 Å². The van der Waals surface area contributed by atoms with Crippen LogP contribution in [0.2, 0.25) is 0 Å². The molecule has 1 heterocycles. The first-order valence-corrected chi connectivity index (χ1v) is 6.28. The molecule has 0 bridgehead atoms. The Morgan fingerprint density at radius 1 is 1.47 bits per heavy atom. The molecule has 0 unspecified atom stereocenters. The molecule has 0 aliphatic carbocycles. The highest BCUT2D eigenvalue weighted by Crippen LogP contribution is 2.31. The summed E-state index contributed by atoms with van der Waals surface area (Å²) in [6.07, 6.45) is 0.800. The molecule has 1 saturated heterocycles. The van der Waals surface area contributed by atoms with E-state index in [0.29, 0.717) is 24.5 Å². The summed E-state index contributed by atoms with van der Waals surface area (Å²) in [5.74, 6) is 0.507. The first-order chi connectivity index (χ1) is 9.08. The number of nitrogens with zero attached hydrogens (tertiary/aromatic N) is 1. The number of rotatable bonds is 4. The van der Waals surface area contributed by atoms with Crippen molar-refractivity contribution in [1.82, 2.24) is 0 Å². The molecule has 6 nitrogen and oxygen atoms in total. The molecule has 1 aromatic carbocycles. The third-order valence-corrected chi connectivity index (χ3v) is 3.12. The first kappa shape index (κ1) is 13.8. The predicted octanol–water partition coefficient (Wildman–Crippen LogP) is 2.21. The summed E-state index contributed by atoms with van der Waals surface area (Å²) in [4.78, 5) is 10.3. The van der Waals surface area contributed by atoms with Gasteiger partial charge < -0.3 is 14.6 Å². The van der Waals surface area contributed by atoms with Gasteiger partial charge in [-0.3, -0.25) is 10.1 Å². The van der Waals surface area contributed by atoms with Crippen molar-refractivity contribution >= 4 is 5.69 Å². The second kappa shape index (κ2) is 5.99. The number of aliphatic hydroxyl groups is 1. The average molecular weight is 267 g/mol. The number of hydrogen-bond acceptors (Lipinski definition) is 5. The summed E-state index contributed by atoms with van der Waals surface area (Å²) < 4.78 is 11.1. The molecule has 1 fully saturated rings. The third-order valence-electron chi connectivity index (χ3n) is 3.12. The highest BCUT2D eigenvalue weighted by molar-refractivity contribution is 5.44. The van der Waals surface area contributed by atoms with Crippen molar-refractivity contribution in [1.29, 1.82) is 0 Å². The van der Waals surface area contributed by atoms with Crippen LogP contribution in [0.3, 0.4) is 0 Å². The minimum absolute atomic E-state index is 0.0349. The number of nitro benzene ring substituents is 1. The van der Waals surface area contributed by atoms with Crippen molar-refractivity contribution in [3.63, 3.8) is 0 Å². The van der Waals surface area contributed by atoms with Crippen molar-refractivity contribution in [2.75, 3.05) is 13.2 Å². The second-order valence-electron chi connectivity index (χ2n) is 4.58. The molecule has 1 atom stereocenters. The Labute approximate surface area is 111 Å². The molecule has 0 radical (unpaired) electrons. The molecule has 0 aromatic heterocycles. The SMILES string of the molecule is C[C@@H](O)c1cc([N+](=O)[O-])ccc1OC1CCOCC1. The summed E-state index contributed by atoms with van der Waals surface area (Å²) in [6.45, 7) is 2.87. The number of aliphatic hydroxyl groups excluding tert-OH is 1. The summed E-state index contributed by atoms with van der Waals surface area (Å²) in [7, 11) is 0. The van der Waals surface area contributed by atoms with Crippen LogP contribution in [0.25, 0.3) is 0 Å². The fraction of sp³-hybridized carbons (Fsp3) is 0.538. The number of hydrogen-bond donors (Lipinski definition) is 1. The zero-order valence-corrected chi connectivity index (χ0v) is 10.7. The van der Waals surface area contributed by atoms with E-state index in [4.69, 9.17) is 9.47 Å². The van der Waals surface area contributed by atoms with Crippen LogP contribution in [0.1, 0.15) is 31.4 Å². The lowest BCUT2D eigenvalue weighted by Crippen LogP contribution is -2.26. The van der Waals surface area contributed by atoms with Crippen LogP contribution in [-0.2, 0) is 4.74 Å². The zero-order valence-electron chi connectivity index (χ0n) is 10.7. The van der Waals surface area contributed by atoms with Crippen LogP contribution < -0.4 is 4.74 Å². The number of ether oxygens (including phenoxy) is 2. The molecule has 0 saturated carbocycles. The van der Waals surface area contributed by atoms with Gasteiger partial charge in [0.05, 0.1) is 24.2 Å². The van der Waals surface area contributed by atoms with Gasteiger partial charge in [0, 0.05) is 30.5 Å². The molecule has 2 rings (SSSR count). The van der Waals surface area contributed by atoms with Crippen LogP contribution in [0.15, 0.2) is 18.2 Å². The first-order valence-electron chi connectivity index (χ1n) is 6.28. The average Bonchev–Trinajstić information content (AvgIpc) is 2.39. The van der Waals surface area contributed by atoms with E-state index < -0.39 is 11.0 Å². The standard InChI is InChI=1S/C13H17NO5/c1-9(15)12-8-10(14(16)17)2-3-13(12)19-11-4-6-18-7-5-11/h2-3,8-9,11,15H,4-7H2,1H3/t9-/m1/s1. The van der Waals surface area contributed by atoms with E-state index in [2.05, 4.69) is 0 Å². The van der Waals surface area contributed by atoms with Gasteiger partial charge in [0.2, 0.25) is 0 Å². The summed E-state index contributed by atoms with van der Waals surface area (Å²) in [5.41, 5.74) is 0.399. The van der Waals surface area contributed by atoms with Crippen LogP contribution in [0, 0.1) is 10.1 Å². The Bertz CT molecular complexity index is 454. The van der Waals surface area contributed by atoms with Gasteiger partial charge in [0.15, 0.2) is 0 Å². The Balaban J connectivity index is 2.20. The van der Waals surface area contributed by atoms with Gasteiger partial charge >= 0.3 is 0 Å². The molecule has 0 spiro atoms. The molecule has 1 aliphatic heterocycles. The maximum Gasteiger partial charge on any atom is 0.270 e. The van der Waals surface area contributed by atoms with E-state index in [9.17, 15) is 15.2 Å². The Kier molecular flexibility index (Phi) is 4.34. The molecular weight excluding hydrogens is 250 g/mol. The summed E-state index contributed by atoms with van der Waals surface area (Å²) in [5, 5.41) is 20.5. The van der Waals surface area contributed by atoms with E-state index in [-0.39, 0.29) is 11.8 Å². The van der Waals surface area contributed by atoms with Gasteiger partial charge in [-0.25, -0.2) is 0 Å². The fourth-order valence-electron chi connectivity index (χ4n) is 2.06. The van der Waals surface area contributed by atoms with Gasteiger partial charge in [-0.2, -0.15) is 0 Å². The summed E-state index contributed by atoms with van der Waals surface area (Å²) in [6, 6.07) is 4.30. The normalized spacial score (nSPS) is 18.0. The third kappa shape index (κ3) is 3.42. The molecule has 0 amide bonds. The van der Waals surface area contributed by atoms with Crippen molar-refractivity contribution < 1.29 is 19.5 Å². The largest absolute Gasteiger partial charge is 0.490 e. The van der Waals surface area contributed by atoms with Gasteiger partial charge in [0.25, 0.3) is 5.69 Å². The predicted molar refractivity (Wildman–Crippen MR) is 68.2 cm³/mol. The Hall–Kier alpha value is -1.66. The Morgan fingerprint density at radius 2 is 2.16 bits per heavy atom. The van der Waals surface area contributed by atoms with E-state index in [1.807, 2.05) is 0 Å². The minimum Gasteiger partial charge on any atom is -0.490 e. The summed E-state index contributed by atoms with van der Waals surface area (Å²) >= 11 is 0. The van der Waals surface area contributed by atoms with Crippen LogP contribution >= 0.6 is 0 Å². The van der Waals surface area contributed by atoms with Gasteiger partial charge in [0.1, 0.15) is 11.9 Å². The molecule has 19 heavy (non-hydrogen) atoms. The van der Waals surface area contributed by atoms with E-state index in [1.54, 1.807) is 13.0 Å². The molecule has 6 heteroatoms. The maximum atomic E-state index is 10.7. The second-order valence-corrected chi connectivity index (χ2v) is 4.58. The highest BCUT2D eigenvalue weighted by Gasteiger charge is 2.20. The maximum absolute atomic E-state index is 10.7. The monoisotopic (exact) mass is 267 g/mol. The molecule has 1 N–H and O–H groups in total. The van der Waals surface area contributed by atoms with E-state index in [0.717, 1.165) is 12.8 Å². The fourth-order valence-corrected chi connectivity index (χ4v) is 2.06. The molecule has 104 valence electrons. The van der Waals surface area contributed by atoms with E-state index in [1.165, 1.54) is 12.1 Å². The van der Waals surface area contributed by atoms with Crippen LogP contribution in [-0.4, -0.2) is 29.3 Å². The smallest absolute Gasteiger partial charge is 0.270 e. The lowest BCUT2D eigenvalue weighted by Gasteiger charge is -2.25. The lowest BCUT2D eigenvalue weighted by atomic mass is 10.1.